The van der Waals surface area contributed by atoms with Crippen LogP contribution in [0.25, 0.3) is 0 Å². The van der Waals surface area contributed by atoms with Gasteiger partial charge in [0.2, 0.25) is 11.8 Å². The van der Waals surface area contributed by atoms with Crippen LogP contribution in [0.4, 0.5) is 5.69 Å². The molecular formula is C22H24N2O4. The Labute approximate surface area is 164 Å². The van der Waals surface area contributed by atoms with E-state index in [2.05, 4.69) is 12.1 Å². The van der Waals surface area contributed by atoms with Gasteiger partial charge in [0.1, 0.15) is 13.2 Å². The summed E-state index contributed by atoms with van der Waals surface area (Å²) in [6.07, 6.45) is 1.16. The summed E-state index contributed by atoms with van der Waals surface area (Å²) in [5, 5.41) is 0. The molecule has 2 aromatic carbocycles. The van der Waals surface area contributed by atoms with E-state index in [0.29, 0.717) is 43.5 Å². The van der Waals surface area contributed by atoms with E-state index in [1.165, 1.54) is 18.1 Å². The lowest BCUT2D eigenvalue weighted by molar-refractivity contribution is -0.131. The van der Waals surface area contributed by atoms with Crippen LogP contribution in [0, 0.1) is 0 Å². The van der Waals surface area contributed by atoms with Crippen LogP contribution >= 0.6 is 0 Å². The third-order valence-corrected chi connectivity index (χ3v) is 5.25. The zero-order valence-corrected chi connectivity index (χ0v) is 16.0. The summed E-state index contributed by atoms with van der Waals surface area (Å²) >= 11 is 0. The zero-order chi connectivity index (χ0) is 19.5. The molecule has 0 fully saturated rings. The molecule has 2 aliphatic rings. The van der Waals surface area contributed by atoms with E-state index in [0.717, 1.165) is 13.0 Å². The van der Waals surface area contributed by atoms with Gasteiger partial charge >= 0.3 is 0 Å². The molecule has 0 radical (unpaired) electrons. The Hall–Kier alpha value is -3.02. The number of hydrogen-bond donors (Lipinski definition) is 0. The summed E-state index contributed by atoms with van der Waals surface area (Å²) in [7, 11) is 0. The largest absolute Gasteiger partial charge is 0.486 e. The molecule has 0 aliphatic carbocycles. The van der Waals surface area contributed by atoms with Gasteiger partial charge in [-0.25, -0.2) is 0 Å². The molecule has 0 unspecified atom stereocenters. The lowest BCUT2D eigenvalue weighted by Gasteiger charge is -2.30. The van der Waals surface area contributed by atoms with Crippen molar-refractivity contribution in [3.05, 3.63) is 53.6 Å². The molecule has 0 spiro atoms. The van der Waals surface area contributed by atoms with E-state index in [4.69, 9.17) is 9.47 Å². The van der Waals surface area contributed by atoms with Gasteiger partial charge in [0, 0.05) is 44.7 Å². The minimum Gasteiger partial charge on any atom is -0.486 e. The second kappa shape index (κ2) is 7.92. The summed E-state index contributed by atoms with van der Waals surface area (Å²) < 4.78 is 11.1. The van der Waals surface area contributed by atoms with Gasteiger partial charge in [0.25, 0.3) is 0 Å². The van der Waals surface area contributed by atoms with Gasteiger partial charge in [-0.3, -0.25) is 9.59 Å². The van der Waals surface area contributed by atoms with Crippen molar-refractivity contribution in [3.63, 3.8) is 0 Å². The molecule has 0 N–H and O–H groups in total. The van der Waals surface area contributed by atoms with Crippen LogP contribution in [0.15, 0.2) is 42.5 Å². The van der Waals surface area contributed by atoms with E-state index < -0.39 is 0 Å². The maximum absolute atomic E-state index is 12.7. The average molecular weight is 380 g/mol. The Morgan fingerprint density at radius 2 is 1.79 bits per heavy atom. The number of carbonyl (C=O) groups excluding carboxylic acids is 2. The lowest BCUT2D eigenvalue weighted by atomic mass is 10.00. The van der Waals surface area contributed by atoms with E-state index in [1.807, 2.05) is 29.2 Å². The number of rotatable bonds is 4. The molecule has 6 nitrogen and oxygen atoms in total. The Balaban J connectivity index is 1.42. The Kier molecular flexibility index (Phi) is 5.19. The summed E-state index contributed by atoms with van der Waals surface area (Å²) in [5.41, 5.74) is 3.24. The van der Waals surface area contributed by atoms with Crippen LogP contribution in [0.3, 0.4) is 0 Å². The van der Waals surface area contributed by atoms with Gasteiger partial charge in [-0.05, 0) is 29.7 Å². The van der Waals surface area contributed by atoms with Gasteiger partial charge in [0.05, 0.1) is 0 Å². The monoisotopic (exact) mass is 380 g/mol. The van der Waals surface area contributed by atoms with E-state index in [9.17, 15) is 9.59 Å². The molecule has 0 saturated heterocycles. The summed E-state index contributed by atoms with van der Waals surface area (Å²) in [4.78, 5) is 28.4. The predicted molar refractivity (Wildman–Crippen MR) is 106 cm³/mol. The first-order valence-corrected chi connectivity index (χ1v) is 9.64. The molecule has 2 aromatic rings. The van der Waals surface area contributed by atoms with Crippen LogP contribution in [-0.4, -0.2) is 43.0 Å². The highest BCUT2D eigenvalue weighted by Crippen LogP contribution is 2.34. The number of nitrogens with zero attached hydrogens (tertiary/aromatic N) is 2. The summed E-state index contributed by atoms with van der Waals surface area (Å²) in [6.45, 7) is 4.23. The standard InChI is InChI=1S/C22H24N2O4/c1-16(25)24(19-6-7-20-21(14-19)28-13-12-27-20)11-9-22(26)23-10-8-17-4-2-3-5-18(17)15-23/h2-7,14H,8-13,15H2,1H3. The zero-order valence-electron chi connectivity index (χ0n) is 16.0. The van der Waals surface area contributed by atoms with Gasteiger partial charge < -0.3 is 19.3 Å². The number of fused-ring (bicyclic) bond motifs is 2. The second-order valence-corrected chi connectivity index (χ2v) is 7.08. The molecular weight excluding hydrogens is 356 g/mol. The fraction of sp³-hybridized carbons (Fsp3) is 0.364. The number of anilines is 1. The number of amides is 2. The number of benzene rings is 2. The smallest absolute Gasteiger partial charge is 0.224 e. The van der Waals surface area contributed by atoms with Crippen molar-refractivity contribution in [2.75, 3.05) is 31.2 Å². The van der Waals surface area contributed by atoms with E-state index in [-0.39, 0.29) is 18.2 Å². The molecule has 0 bridgehead atoms. The number of ether oxygens (including phenoxy) is 2. The molecule has 0 aromatic heterocycles. The molecule has 0 atom stereocenters. The second-order valence-electron chi connectivity index (χ2n) is 7.08. The first kappa shape index (κ1) is 18.3. The van der Waals surface area contributed by atoms with Crippen molar-refractivity contribution >= 4 is 17.5 Å². The third-order valence-electron chi connectivity index (χ3n) is 5.25. The first-order chi connectivity index (χ1) is 13.6. The Morgan fingerprint density at radius 3 is 2.57 bits per heavy atom. The topological polar surface area (TPSA) is 59.1 Å². The lowest BCUT2D eigenvalue weighted by Crippen LogP contribution is -2.39. The molecule has 28 heavy (non-hydrogen) atoms. The normalized spacial score (nSPS) is 15.0. The van der Waals surface area contributed by atoms with Crippen LogP contribution in [-0.2, 0) is 22.6 Å². The van der Waals surface area contributed by atoms with Crippen molar-refractivity contribution in [3.8, 4) is 11.5 Å². The van der Waals surface area contributed by atoms with E-state index >= 15 is 0 Å². The molecule has 2 amide bonds. The van der Waals surface area contributed by atoms with Crippen LogP contribution < -0.4 is 14.4 Å². The SMILES string of the molecule is CC(=O)N(CCC(=O)N1CCc2ccccc2C1)c1ccc2c(c1)OCCO2. The van der Waals surface area contributed by atoms with Gasteiger partial charge in [-0.15, -0.1) is 0 Å². The maximum atomic E-state index is 12.7. The van der Waals surface area contributed by atoms with Crippen molar-refractivity contribution in [2.24, 2.45) is 0 Å². The minimum atomic E-state index is -0.103. The fourth-order valence-corrected chi connectivity index (χ4v) is 3.74. The van der Waals surface area contributed by atoms with Gasteiger partial charge in [0.15, 0.2) is 11.5 Å². The minimum absolute atomic E-state index is 0.0679. The van der Waals surface area contributed by atoms with Gasteiger partial charge in [-0.1, -0.05) is 24.3 Å². The molecule has 146 valence electrons. The molecule has 4 rings (SSSR count). The number of carbonyl (C=O) groups is 2. The maximum Gasteiger partial charge on any atom is 0.224 e. The Bertz CT molecular complexity index is 896. The van der Waals surface area contributed by atoms with Crippen molar-refractivity contribution < 1.29 is 19.1 Å². The van der Waals surface area contributed by atoms with Crippen molar-refractivity contribution in [2.45, 2.75) is 26.3 Å². The first-order valence-electron chi connectivity index (χ1n) is 9.64. The molecule has 6 heteroatoms. The third kappa shape index (κ3) is 3.81. The van der Waals surface area contributed by atoms with E-state index in [1.54, 1.807) is 11.0 Å². The molecule has 2 aliphatic heterocycles. The fourth-order valence-electron chi connectivity index (χ4n) is 3.74. The molecule has 0 saturated carbocycles. The van der Waals surface area contributed by atoms with Crippen LogP contribution in [0.2, 0.25) is 0 Å². The Morgan fingerprint density at radius 1 is 1.04 bits per heavy atom. The predicted octanol–water partition coefficient (Wildman–Crippen LogP) is 2.79. The van der Waals surface area contributed by atoms with Crippen LogP contribution in [0.5, 0.6) is 11.5 Å². The van der Waals surface area contributed by atoms with Crippen LogP contribution in [0.1, 0.15) is 24.5 Å². The highest BCUT2D eigenvalue weighted by molar-refractivity contribution is 5.92. The number of hydrogen-bond acceptors (Lipinski definition) is 4. The molecule has 2 heterocycles. The summed E-state index contributed by atoms with van der Waals surface area (Å²) in [5.74, 6) is 1.28. The van der Waals surface area contributed by atoms with Crippen molar-refractivity contribution in [1.82, 2.24) is 4.90 Å². The van der Waals surface area contributed by atoms with Gasteiger partial charge in [-0.2, -0.15) is 0 Å². The highest BCUT2D eigenvalue weighted by atomic mass is 16.6. The highest BCUT2D eigenvalue weighted by Gasteiger charge is 2.22. The quantitative estimate of drug-likeness (QED) is 0.818. The average Bonchev–Trinajstić information content (AvgIpc) is 2.73. The van der Waals surface area contributed by atoms with Crippen molar-refractivity contribution in [1.29, 1.82) is 0 Å². The summed E-state index contributed by atoms with van der Waals surface area (Å²) in [6, 6.07) is 13.7.